The van der Waals surface area contributed by atoms with Gasteiger partial charge in [0.1, 0.15) is 0 Å². The highest BCUT2D eigenvalue weighted by molar-refractivity contribution is 5.94. The van der Waals surface area contributed by atoms with E-state index in [1.807, 2.05) is 49.4 Å². The molecule has 0 radical (unpaired) electrons. The van der Waals surface area contributed by atoms with Crippen molar-refractivity contribution in [1.82, 2.24) is 9.97 Å². The first-order valence-electron chi connectivity index (χ1n) is 7.46. The molecule has 0 aliphatic heterocycles. The van der Waals surface area contributed by atoms with Crippen LogP contribution in [0.5, 0.6) is 0 Å². The van der Waals surface area contributed by atoms with E-state index in [2.05, 4.69) is 16.0 Å². The Labute approximate surface area is 141 Å². The van der Waals surface area contributed by atoms with E-state index >= 15 is 0 Å². The van der Waals surface area contributed by atoms with Gasteiger partial charge in [-0.05, 0) is 49.7 Å². The molecule has 0 amide bonds. The summed E-state index contributed by atoms with van der Waals surface area (Å²) in [5.74, 6) is 0.0366. The number of benzene rings is 1. The number of aryl methyl sites for hydroxylation is 1. The van der Waals surface area contributed by atoms with Crippen LogP contribution < -0.4 is 0 Å². The highest BCUT2D eigenvalue weighted by atomic mass is 16.1. The number of pyridine rings is 2. The largest absolute Gasteiger partial charge is 0.295 e. The Morgan fingerprint density at radius 3 is 2.25 bits per heavy atom. The average Bonchev–Trinajstić information content (AvgIpc) is 2.63. The molecular weight excluding hydrogens is 298 g/mol. The molecule has 0 saturated carbocycles. The summed E-state index contributed by atoms with van der Waals surface area (Å²) >= 11 is 0. The van der Waals surface area contributed by atoms with Gasteiger partial charge < -0.3 is 0 Å². The second kappa shape index (κ2) is 8.35. The predicted molar refractivity (Wildman–Crippen MR) is 93.4 cm³/mol. The van der Waals surface area contributed by atoms with Crippen LogP contribution in [0.2, 0.25) is 0 Å². The van der Waals surface area contributed by atoms with E-state index in [-0.39, 0.29) is 5.78 Å². The normalized spacial score (nSPS) is 9.38. The summed E-state index contributed by atoms with van der Waals surface area (Å²) in [5.41, 5.74) is 3.96. The van der Waals surface area contributed by atoms with Crippen LogP contribution in [0, 0.1) is 18.3 Å². The molecule has 2 heterocycles. The van der Waals surface area contributed by atoms with Crippen LogP contribution in [0.15, 0.2) is 67.0 Å². The van der Waals surface area contributed by atoms with E-state index in [1.165, 1.54) is 6.92 Å². The topological polar surface area (TPSA) is 66.6 Å². The van der Waals surface area contributed by atoms with Gasteiger partial charge in [0.15, 0.2) is 5.78 Å². The second-order valence-corrected chi connectivity index (χ2v) is 5.13. The number of nitrogens with zero attached hydrogens (tertiary/aromatic N) is 3. The number of aromatic nitrogens is 2. The SMILES string of the molecule is CC(=O)c1ccnc(-c2ccccn2)c1.Cc1ccccc1C#N. The maximum absolute atomic E-state index is 11.2. The molecule has 118 valence electrons. The van der Waals surface area contributed by atoms with Crippen LogP contribution >= 0.6 is 0 Å². The Morgan fingerprint density at radius 1 is 0.958 bits per heavy atom. The van der Waals surface area contributed by atoms with Gasteiger partial charge in [0.05, 0.1) is 23.0 Å². The molecule has 0 aliphatic rings. The monoisotopic (exact) mass is 315 g/mol. The van der Waals surface area contributed by atoms with E-state index in [1.54, 1.807) is 24.5 Å². The highest BCUT2D eigenvalue weighted by Gasteiger charge is 2.03. The van der Waals surface area contributed by atoms with Crippen molar-refractivity contribution >= 4 is 5.78 Å². The van der Waals surface area contributed by atoms with Crippen molar-refractivity contribution in [2.24, 2.45) is 0 Å². The van der Waals surface area contributed by atoms with Gasteiger partial charge in [-0.15, -0.1) is 0 Å². The van der Waals surface area contributed by atoms with Crippen molar-refractivity contribution in [3.05, 3.63) is 83.7 Å². The smallest absolute Gasteiger partial charge is 0.159 e. The van der Waals surface area contributed by atoms with Crippen molar-refractivity contribution in [2.45, 2.75) is 13.8 Å². The summed E-state index contributed by atoms with van der Waals surface area (Å²) < 4.78 is 0. The third-order valence-corrected chi connectivity index (χ3v) is 3.36. The fraction of sp³-hybridized carbons (Fsp3) is 0.100. The van der Waals surface area contributed by atoms with Gasteiger partial charge in [0.2, 0.25) is 0 Å². The van der Waals surface area contributed by atoms with Crippen molar-refractivity contribution in [3.8, 4) is 17.5 Å². The Morgan fingerprint density at radius 2 is 1.67 bits per heavy atom. The van der Waals surface area contributed by atoms with E-state index < -0.39 is 0 Å². The van der Waals surface area contributed by atoms with E-state index in [0.29, 0.717) is 5.56 Å². The second-order valence-electron chi connectivity index (χ2n) is 5.13. The van der Waals surface area contributed by atoms with Gasteiger partial charge in [-0.1, -0.05) is 24.3 Å². The van der Waals surface area contributed by atoms with E-state index in [4.69, 9.17) is 5.26 Å². The van der Waals surface area contributed by atoms with Crippen molar-refractivity contribution in [3.63, 3.8) is 0 Å². The molecule has 3 rings (SSSR count). The molecule has 0 saturated heterocycles. The number of hydrogen-bond acceptors (Lipinski definition) is 4. The van der Waals surface area contributed by atoms with Crippen LogP contribution in [0.4, 0.5) is 0 Å². The number of carbonyl (C=O) groups excluding carboxylic acids is 1. The summed E-state index contributed by atoms with van der Waals surface area (Å²) in [6, 6.07) is 18.7. The van der Waals surface area contributed by atoms with Gasteiger partial charge in [-0.2, -0.15) is 5.26 Å². The highest BCUT2D eigenvalue weighted by Crippen LogP contribution is 2.14. The molecule has 2 aromatic heterocycles. The minimum absolute atomic E-state index is 0.0366. The summed E-state index contributed by atoms with van der Waals surface area (Å²) in [7, 11) is 0. The van der Waals surface area contributed by atoms with Gasteiger partial charge in [0, 0.05) is 18.0 Å². The predicted octanol–water partition coefficient (Wildman–Crippen LogP) is 4.21. The molecule has 0 unspecified atom stereocenters. The lowest BCUT2D eigenvalue weighted by atomic mass is 10.1. The van der Waals surface area contributed by atoms with Crippen molar-refractivity contribution < 1.29 is 4.79 Å². The Bertz CT molecular complexity index is 867. The molecule has 0 N–H and O–H groups in total. The molecule has 0 aliphatic carbocycles. The molecule has 0 spiro atoms. The zero-order valence-electron chi connectivity index (χ0n) is 13.6. The first kappa shape index (κ1) is 17.0. The first-order valence-corrected chi connectivity index (χ1v) is 7.46. The maximum Gasteiger partial charge on any atom is 0.159 e. The zero-order valence-corrected chi connectivity index (χ0v) is 13.6. The van der Waals surface area contributed by atoms with E-state index in [0.717, 1.165) is 22.5 Å². The maximum atomic E-state index is 11.2. The number of ketones is 1. The summed E-state index contributed by atoms with van der Waals surface area (Å²) in [6.45, 7) is 3.47. The Kier molecular flexibility index (Phi) is 5.93. The standard InChI is InChI=1S/C12H10N2O.C8H7N/c1-9(15)10-5-7-14-12(8-10)11-4-2-3-6-13-11;1-7-4-2-3-5-8(7)6-9/h2-8H,1H3;2-5H,1H3. The molecule has 0 bridgehead atoms. The van der Waals surface area contributed by atoms with Crippen LogP contribution in [0.25, 0.3) is 11.4 Å². The number of Topliss-reactive ketones (excluding diaryl/α,β-unsaturated/α-hetero) is 1. The van der Waals surface area contributed by atoms with Crippen LogP contribution in [0.3, 0.4) is 0 Å². The summed E-state index contributed by atoms with van der Waals surface area (Å²) in [6.07, 6.45) is 3.33. The Hall–Kier alpha value is -3.32. The molecule has 0 atom stereocenters. The fourth-order valence-electron chi connectivity index (χ4n) is 2.00. The lowest BCUT2D eigenvalue weighted by molar-refractivity contribution is 0.101. The van der Waals surface area contributed by atoms with Crippen LogP contribution in [0.1, 0.15) is 28.4 Å². The van der Waals surface area contributed by atoms with E-state index in [9.17, 15) is 4.79 Å². The molecule has 4 heteroatoms. The van der Waals surface area contributed by atoms with Gasteiger partial charge >= 0.3 is 0 Å². The quantitative estimate of drug-likeness (QED) is 0.664. The van der Waals surface area contributed by atoms with Gasteiger partial charge in [-0.3, -0.25) is 14.8 Å². The van der Waals surface area contributed by atoms with Gasteiger partial charge in [-0.25, -0.2) is 0 Å². The Balaban J connectivity index is 0.000000198. The minimum Gasteiger partial charge on any atom is -0.295 e. The minimum atomic E-state index is 0.0366. The molecular formula is C20H17N3O. The van der Waals surface area contributed by atoms with Crippen LogP contribution in [-0.4, -0.2) is 15.8 Å². The molecule has 24 heavy (non-hydrogen) atoms. The number of hydrogen-bond donors (Lipinski definition) is 0. The van der Waals surface area contributed by atoms with Gasteiger partial charge in [0.25, 0.3) is 0 Å². The molecule has 0 fully saturated rings. The van der Waals surface area contributed by atoms with Crippen molar-refractivity contribution in [2.75, 3.05) is 0 Å². The third kappa shape index (κ3) is 4.59. The lowest BCUT2D eigenvalue weighted by Gasteiger charge is -2.00. The average molecular weight is 315 g/mol. The van der Waals surface area contributed by atoms with Crippen molar-refractivity contribution in [1.29, 1.82) is 5.26 Å². The zero-order chi connectivity index (χ0) is 17.4. The summed E-state index contributed by atoms with van der Waals surface area (Å²) in [5, 5.41) is 8.47. The number of carbonyl (C=O) groups is 1. The lowest BCUT2D eigenvalue weighted by Crippen LogP contribution is -1.94. The molecule has 4 nitrogen and oxygen atoms in total. The summed E-state index contributed by atoms with van der Waals surface area (Å²) in [4.78, 5) is 19.5. The molecule has 3 aromatic rings. The molecule has 1 aromatic carbocycles. The number of rotatable bonds is 2. The fourth-order valence-corrected chi connectivity index (χ4v) is 2.00. The third-order valence-electron chi connectivity index (χ3n) is 3.36. The first-order chi connectivity index (χ1) is 11.6. The van der Waals surface area contributed by atoms with Crippen LogP contribution in [-0.2, 0) is 0 Å². The number of nitriles is 1.